The van der Waals surface area contributed by atoms with Gasteiger partial charge in [-0.15, -0.1) is 5.10 Å². The fourth-order valence-electron chi connectivity index (χ4n) is 3.25. The first-order valence-electron chi connectivity index (χ1n) is 8.22. The van der Waals surface area contributed by atoms with Crippen molar-refractivity contribution in [2.45, 2.75) is 19.4 Å². The van der Waals surface area contributed by atoms with Gasteiger partial charge in [0.2, 0.25) is 0 Å². The Hall–Kier alpha value is -2.38. The van der Waals surface area contributed by atoms with Gasteiger partial charge in [0.15, 0.2) is 0 Å². The summed E-state index contributed by atoms with van der Waals surface area (Å²) in [5, 5.41) is 8.15. The van der Waals surface area contributed by atoms with Gasteiger partial charge in [-0.1, -0.05) is 22.7 Å². The number of fused-ring (bicyclic) bond motifs is 1. The van der Waals surface area contributed by atoms with Gasteiger partial charge in [0, 0.05) is 17.5 Å². The molecule has 4 rings (SSSR count). The summed E-state index contributed by atoms with van der Waals surface area (Å²) in [6.07, 6.45) is 2.68. The summed E-state index contributed by atoms with van der Waals surface area (Å²) in [6.45, 7) is 2.97. The number of carbonyl (C=O) groups excluding carboxylic acids is 1. The van der Waals surface area contributed by atoms with E-state index in [1.165, 1.54) is 5.56 Å². The van der Waals surface area contributed by atoms with Crippen LogP contribution in [0.15, 0.2) is 36.5 Å². The average molecular weight is 354 g/mol. The van der Waals surface area contributed by atoms with Crippen LogP contribution in [0.1, 0.15) is 20.9 Å². The van der Waals surface area contributed by atoms with Gasteiger partial charge in [-0.25, -0.2) is 0 Å². The first-order chi connectivity index (χ1) is 12.2. The normalized spacial score (nSPS) is 20.0. The number of hydrogen-bond donors (Lipinski definition) is 1. The third-order valence-corrected chi connectivity index (χ3v) is 5.42. The van der Waals surface area contributed by atoms with Crippen molar-refractivity contribution in [1.29, 1.82) is 0 Å². The molecule has 1 aromatic carbocycles. The summed E-state index contributed by atoms with van der Waals surface area (Å²) < 4.78 is 9.48. The Morgan fingerprint density at radius 3 is 3.04 bits per heavy atom. The molecule has 1 aliphatic heterocycles. The fourth-order valence-corrected chi connectivity index (χ4v) is 3.81. The van der Waals surface area contributed by atoms with Gasteiger partial charge < -0.3 is 10.1 Å². The van der Waals surface area contributed by atoms with Gasteiger partial charge in [-0.3, -0.25) is 9.78 Å². The van der Waals surface area contributed by atoms with E-state index >= 15 is 0 Å². The Morgan fingerprint density at radius 2 is 2.20 bits per heavy atom. The number of amides is 1. The monoisotopic (exact) mass is 354 g/mol. The van der Waals surface area contributed by atoms with Crippen LogP contribution in [0.25, 0.3) is 10.9 Å². The first kappa shape index (κ1) is 16.1. The van der Waals surface area contributed by atoms with Gasteiger partial charge in [0.1, 0.15) is 4.88 Å². The van der Waals surface area contributed by atoms with E-state index in [0.29, 0.717) is 23.8 Å². The van der Waals surface area contributed by atoms with Crippen LogP contribution in [0.3, 0.4) is 0 Å². The minimum Gasteiger partial charge on any atom is -0.379 e. The molecule has 0 saturated carbocycles. The van der Waals surface area contributed by atoms with Crippen molar-refractivity contribution in [1.82, 2.24) is 19.9 Å². The van der Waals surface area contributed by atoms with Gasteiger partial charge in [0.25, 0.3) is 5.91 Å². The molecular weight excluding hydrogens is 336 g/mol. The lowest BCUT2D eigenvalue weighted by Gasteiger charge is -2.19. The number of nitrogens with one attached hydrogen (secondary N) is 1. The Kier molecular flexibility index (Phi) is 4.42. The highest BCUT2D eigenvalue weighted by Crippen LogP contribution is 2.24. The van der Waals surface area contributed by atoms with Crippen molar-refractivity contribution in [2.24, 2.45) is 5.92 Å². The molecule has 25 heavy (non-hydrogen) atoms. The molecule has 0 radical (unpaired) electrons. The Bertz CT molecular complexity index is 905. The average Bonchev–Trinajstić information content (AvgIpc) is 3.24. The predicted octanol–water partition coefficient (Wildman–Crippen LogP) is 2.38. The van der Waals surface area contributed by atoms with E-state index in [-0.39, 0.29) is 17.9 Å². The zero-order valence-corrected chi connectivity index (χ0v) is 14.6. The van der Waals surface area contributed by atoms with Crippen molar-refractivity contribution < 1.29 is 9.53 Å². The van der Waals surface area contributed by atoms with Crippen molar-refractivity contribution >= 4 is 28.3 Å². The van der Waals surface area contributed by atoms with Crippen molar-refractivity contribution in [3.63, 3.8) is 0 Å². The predicted molar refractivity (Wildman–Crippen MR) is 95.7 cm³/mol. The number of nitrogens with zero attached hydrogens (tertiary/aromatic N) is 3. The molecular formula is C18H18N4O2S. The van der Waals surface area contributed by atoms with Crippen molar-refractivity contribution in [2.75, 3.05) is 13.2 Å². The fraction of sp³-hybridized carbons (Fsp3) is 0.333. The van der Waals surface area contributed by atoms with Crippen LogP contribution in [0, 0.1) is 12.8 Å². The van der Waals surface area contributed by atoms with E-state index in [9.17, 15) is 4.79 Å². The molecule has 0 aliphatic carbocycles. The van der Waals surface area contributed by atoms with E-state index in [2.05, 4.69) is 32.0 Å². The van der Waals surface area contributed by atoms with Gasteiger partial charge in [-0.05, 0) is 42.6 Å². The molecule has 0 bridgehead atoms. The second-order valence-electron chi connectivity index (χ2n) is 6.26. The Balaban J connectivity index is 1.52. The van der Waals surface area contributed by atoms with Crippen LogP contribution in [-0.4, -0.2) is 39.7 Å². The van der Waals surface area contributed by atoms with Crippen molar-refractivity contribution in [3.05, 3.63) is 52.7 Å². The summed E-state index contributed by atoms with van der Waals surface area (Å²) in [5.41, 5.74) is 2.89. The number of rotatable bonds is 4. The quantitative estimate of drug-likeness (QED) is 0.778. The zero-order chi connectivity index (χ0) is 17.2. The highest BCUT2D eigenvalue weighted by Gasteiger charge is 2.31. The van der Waals surface area contributed by atoms with Crippen LogP contribution >= 0.6 is 11.5 Å². The van der Waals surface area contributed by atoms with E-state index in [0.717, 1.165) is 28.9 Å². The number of pyridine rings is 1. The lowest BCUT2D eigenvalue weighted by atomic mass is 9.93. The Labute approximate surface area is 149 Å². The number of aryl methyl sites for hydroxylation is 1. The van der Waals surface area contributed by atoms with E-state index < -0.39 is 0 Å². The van der Waals surface area contributed by atoms with Gasteiger partial charge >= 0.3 is 0 Å². The summed E-state index contributed by atoms with van der Waals surface area (Å²) in [6, 6.07) is 10.2. The summed E-state index contributed by atoms with van der Waals surface area (Å²) >= 11 is 1.13. The number of hydrogen-bond acceptors (Lipinski definition) is 6. The third-order valence-electron chi connectivity index (χ3n) is 4.59. The maximum absolute atomic E-state index is 12.4. The second kappa shape index (κ2) is 6.85. The first-order valence-corrected chi connectivity index (χ1v) is 9.00. The van der Waals surface area contributed by atoms with E-state index in [1.54, 1.807) is 6.92 Å². The third kappa shape index (κ3) is 3.25. The number of para-hydroxylation sites is 1. The minimum absolute atomic E-state index is 0.0130. The van der Waals surface area contributed by atoms with E-state index in [4.69, 9.17) is 4.74 Å². The minimum atomic E-state index is -0.118. The van der Waals surface area contributed by atoms with Crippen LogP contribution in [0.5, 0.6) is 0 Å². The van der Waals surface area contributed by atoms with Gasteiger partial charge in [0.05, 0.1) is 30.5 Å². The lowest BCUT2D eigenvalue weighted by Crippen LogP contribution is -2.40. The summed E-state index contributed by atoms with van der Waals surface area (Å²) in [7, 11) is 0. The number of ether oxygens (including phenoxy) is 1. The molecule has 3 heterocycles. The number of benzene rings is 1. The molecule has 1 fully saturated rings. The molecule has 2 atom stereocenters. The molecule has 0 unspecified atom stereocenters. The molecule has 128 valence electrons. The highest BCUT2D eigenvalue weighted by atomic mass is 32.1. The molecule has 7 heteroatoms. The SMILES string of the molecule is Cc1nnsc1C(=O)N[C@H]1COC[C@H]1Cc1ccnc2ccccc12. The van der Waals surface area contributed by atoms with Crippen LogP contribution in [0.4, 0.5) is 0 Å². The smallest absolute Gasteiger partial charge is 0.265 e. The molecule has 0 spiro atoms. The molecule has 2 aromatic heterocycles. The van der Waals surface area contributed by atoms with Gasteiger partial charge in [-0.2, -0.15) is 0 Å². The van der Waals surface area contributed by atoms with Crippen LogP contribution in [0.2, 0.25) is 0 Å². The summed E-state index contributed by atoms with van der Waals surface area (Å²) in [5.74, 6) is 0.114. The highest BCUT2D eigenvalue weighted by molar-refractivity contribution is 7.08. The molecule has 3 aromatic rings. The molecule has 6 nitrogen and oxygen atoms in total. The zero-order valence-electron chi connectivity index (χ0n) is 13.8. The largest absolute Gasteiger partial charge is 0.379 e. The second-order valence-corrected chi connectivity index (χ2v) is 7.01. The van der Waals surface area contributed by atoms with E-state index in [1.807, 2.05) is 24.4 Å². The number of carbonyl (C=O) groups is 1. The van der Waals surface area contributed by atoms with Crippen LogP contribution in [-0.2, 0) is 11.2 Å². The lowest BCUT2D eigenvalue weighted by molar-refractivity contribution is 0.0928. The maximum Gasteiger partial charge on any atom is 0.265 e. The topological polar surface area (TPSA) is 77.0 Å². The Morgan fingerprint density at radius 1 is 1.32 bits per heavy atom. The molecule has 1 saturated heterocycles. The van der Waals surface area contributed by atoms with Crippen LogP contribution < -0.4 is 5.32 Å². The standard InChI is InChI=1S/C18H18N4O2S/c1-11-17(25-22-21-11)18(23)20-16-10-24-9-13(16)8-12-6-7-19-15-5-3-2-4-14(12)15/h2-7,13,16H,8-10H2,1H3,(H,20,23)/t13-,16+/m1/s1. The molecule has 1 amide bonds. The van der Waals surface area contributed by atoms with Crippen molar-refractivity contribution in [3.8, 4) is 0 Å². The molecule has 1 aliphatic rings. The molecule has 1 N–H and O–H groups in total. The maximum atomic E-state index is 12.4. The summed E-state index contributed by atoms with van der Waals surface area (Å²) in [4.78, 5) is 17.4. The number of aromatic nitrogens is 3.